The number of rotatable bonds is 6. The lowest BCUT2D eigenvalue weighted by Crippen LogP contribution is -2.67. The predicted molar refractivity (Wildman–Crippen MR) is 134 cm³/mol. The van der Waals surface area contributed by atoms with Gasteiger partial charge in [0.05, 0.1) is 18.1 Å². The quantitative estimate of drug-likeness (QED) is 0.457. The Morgan fingerprint density at radius 1 is 1.17 bits per heavy atom. The molecule has 2 aliphatic rings. The second-order valence-electron chi connectivity index (χ2n) is 11.3. The van der Waals surface area contributed by atoms with E-state index < -0.39 is 43.9 Å². The first-order chi connectivity index (χ1) is 16.3. The molecule has 0 bridgehead atoms. The van der Waals surface area contributed by atoms with Crippen LogP contribution in [0.2, 0.25) is 18.1 Å². The molecule has 4 rings (SSSR count). The van der Waals surface area contributed by atoms with Crippen LogP contribution in [0.25, 0.3) is 0 Å². The van der Waals surface area contributed by atoms with Gasteiger partial charge < -0.3 is 23.9 Å². The molecular weight excluding hydrogens is 464 g/mol. The molecule has 5 atom stereocenters. The summed E-state index contributed by atoms with van der Waals surface area (Å²) in [4.78, 5) is 15.9. The fourth-order valence-corrected chi connectivity index (χ4v) is 5.95. The van der Waals surface area contributed by atoms with Crippen LogP contribution in [0, 0.1) is 5.92 Å². The normalized spacial score (nSPS) is 28.7. The zero-order chi connectivity index (χ0) is 25.8. The van der Waals surface area contributed by atoms with Crippen molar-refractivity contribution in [1.29, 1.82) is 0 Å². The van der Waals surface area contributed by atoms with Crippen molar-refractivity contribution >= 4 is 14.1 Å². The van der Waals surface area contributed by atoms with E-state index in [0.29, 0.717) is 0 Å². The first-order valence-electron chi connectivity index (χ1n) is 11.9. The number of hydrogen-bond donors (Lipinski definition) is 2. The number of aliphatic hydroxyl groups is 2. The van der Waals surface area contributed by atoms with Gasteiger partial charge in [-0.2, -0.15) is 0 Å². The standard InChI is InChI=1S/C26H36N2O6Si/c1-25(2,3)35(6,7)34-18-14-13-17(29)20-21(28(4)5)22-19(23(30)26(18,20)31)24(27-33-22)32-15-16-11-9-8-10-12-16/h8-14,17-18,20-21,29,31H,15H2,1-7H3/t17-,18+,20-,21-,26+/m0/s1. The lowest BCUT2D eigenvalue weighted by atomic mass is 9.63. The van der Waals surface area contributed by atoms with E-state index in [2.05, 4.69) is 39.0 Å². The van der Waals surface area contributed by atoms with E-state index >= 15 is 0 Å². The van der Waals surface area contributed by atoms with Gasteiger partial charge in [-0.3, -0.25) is 9.69 Å². The maximum absolute atomic E-state index is 14.1. The molecule has 9 heteroatoms. The van der Waals surface area contributed by atoms with E-state index in [9.17, 15) is 15.0 Å². The molecule has 0 fully saturated rings. The van der Waals surface area contributed by atoms with Crippen LogP contribution in [-0.2, 0) is 11.0 Å². The van der Waals surface area contributed by atoms with Crippen molar-refractivity contribution in [2.45, 2.75) is 69.4 Å². The van der Waals surface area contributed by atoms with Gasteiger partial charge in [0.2, 0.25) is 5.78 Å². The predicted octanol–water partition coefficient (Wildman–Crippen LogP) is 3.72. The number of carbonyl (C=O) groups excluding carboxylic acids is 1. The van der Waals surface area contributed by atoms with Crippen LogP contribution >= 0.6 is 0 Å². The lowest BCUT2D eigenvalue weighted by molar-refractivity contribution is -0.123. The number of ether oxygens (including phenoxy) is 1. The van der Waals surface area contributed by atoms with Gasteiger partial charge in [-0.25, -0.2) is 0 Å². The van der Waals surface area contributed by atoms with E-state index in [-0.39, 0.29) is 28.8 Å². The van der Waals surface area contributed by atoms with Crippen molar-refractivity contribution < 1.29 is 28.7 Å². The third kappa shape index (κ3) is 4.29. The Bertz CT molecular complexity index is 1110. The van der Waals surface area contributed by atoms with Gasteiger partial charge in [-0.1, -0.05) is 63.3 Å². The summed E-state index contributed by atoms with van der Waals surface area (Å²) < 4.78 is 18.1. The first kappa shape index (κ1) is 25.8. The van der Waals surface area contributed by atoms with Crippen LogP contribution in [0.1, 0.15) is 48.5 Å². The molecule has 0 aliphatic heterocycles. The molecular formula is C26H36N2O6Si. The zero-order valence-corrected chi connectivity index (χ0v) is 22.5. The number of Topliss-reactive ketones (excluding diaryl/α,β-unsaturated/α-hetero) is 1. The zero-order valence-electron chi connectivity index (χ0n) is 21.5. The fraction of sp³-hybridized carbons (Fsp3) is 0.538. The molecule has 1 heterocycles. The third-order valence-electron chi connectivity index (χ3n) is 7.68. The highest BCUT2D eigenvalue weighted by atomic mass is 28.4. The molecule has 0 amide bonds. The van der Waals surface area contributed by atoms with Gasteiger partial charge in [0, 0.05) is 0 Å². The number of aliphatic hydroxyl groups excluding tert-OH is 1. The van der Waals surface area contributed by atoms with Gasteiger partial charge in [0.15, 0.2) is 19.7 Å². The SMILES string of the molecule is CN(C)[C@@H]1c2onc(OCc3ccccc3)c2C(=O)[C@]2(O)[C@H]1[C@@H](O)C=C[C@H]2O[Si](C)(C)C(C)(C)C. The van der Waals surface area contributed by atoms with E-state index in [1.54, 1.807) is 12.2 Å². The van der Waals surface area contributed by atoms with Crippen LogP contribution in [-0.4, -0.2) is 66.3 Å². The maximum atomic E-state index is 14.1. The van der Waals surface area contributed by atoms with E-state index in [1.165, 1.54) is 0 Å². The van der Waals surface area contributed by atoms with Crippen LogP contribution < -0.4 is 4.74 Å². The Labute approximate surface area is 207 Å². The van der Waals surface area contributed by atoms with E-state index in [0.717, 1.165) is 5.56 Å². The Balaban J connectivity index is 1.78. The van der Waals surface area contributed by atoms with E-state index in [1.807, 2.05) is 49.3 Å². The van der Waals surface area contributed by atoms with Crippen molar-refractivity contribution in [3.8, 4) is 5.88 Å². The molecule has 8 nitrogen and oxygen atoms in total. The minimum atomic E-state index is -2.39. The summed E-state index contributed by atoms with van der Waals surface area (Å²) in [7, 11) is 1.23. The minimum absolute atomic E-state index is 0.0303. The Morgan fingerprint density at radius 2 is 1.83 bits per heavy atom. The third-order valence-corrected chi connectivity index (χ3v) is 12.1. The number of ketones is 1. The Morgan fingerprint density at radius 3 is 2.43 bits per heavy atom. The van der Waals surface area contributed by atoms with Gasteiger partial charge in [0.1, 0.15) is 18.3 Å². The Hall–Kier alpha value is -2.30. The highest BCUT2D eigenvalue weighted by molar-refractivity contribution is 6.74. The second-order valence-corrected chi connectivity index (χ2v) is 16.0. The van der Waals surface area contributed by atoms with Gasteiger partial charge in [0.25, 0.3) is 5.88 Å². The molecule has 0 spiro atoms. The number of hydrogen-bond acceptors (Lipinski definition) is 8. The molecule has 0 radical (unpaired) electrons. The average Bonchev–Trinajstić information content (AvgIpc) is 3.19. The van der Waals surface area contributed by atoms with Gasteiger partial charge in [-0.05, 0) is 42.9 Å². The number of aromatic nitrogens is 1. The van der Waals surface area contributed by atoms with Crippen molar-refractivity contribution in [1.82, 2.24) is 10.1 Å². The van der Waals surface area contributed by atoms with Crippen molar-refractivity contribution in [3.05, 3.63) is 59.4 Å². The van der Waals surface area contributed by atoms with Crippen LogP contribution in [0.15, 0.2) is 47.0 Å². The lowest BCUT2D eigenvalue weighted by Gasteiger charge is -2.52. The summed E-state index contributed by atoms with van der Waals surface area (Å²) in [5.41, 5.74) is -1.02. The minimum Gasteiger partial charge on any atom is -0.470 e. The van der Waals surface area contributed by atoms with Crippen LogP contribution in [0.4, 0.5) is 0 Å². The number of carbonyl (C=O) groups is 1. The molecule has 1 aromatic heterocycles. The molecule has 2 aliphatic carbocycles. The van der Waals surface area contributed by atoms with Crippen LogP contribution in [0.3, 0.4) is 0 Å². The molecule has 1 aromatic carbocycles. The monoisotopic (exact) mass is 500 g/mol. The van der Waals surface area contributed by atoms with Gasteiger partial charge >= 0.3 is 0 Å². The molecule has 190 valence electrons. The smallest absolute Gasteiger partial charge is 0.265 e. The summed E-state index contributed by atoms with van der Waals surface area (Å²) >= 11 is 0. The molecule has 0 unspecified atom stereocenters. The largest absolute Gasteiger partial charge is 0.470 e. The van der Waals surface area contributed by atoms with Gasteiger partial charge in [-0.15, -0.1) is 0 Å². The highest BCUT2D eigenvalue weighted by Crippen LogP contribution is 2.52. The molecule has 0 saturated heterocycles. The average molecular weight is 501 g/mol. The summed E-state index contributed by atoms with van der Waals surface area (Å²) in [5, 5.41) is 27.1. The molecule has 0 saturated carbocycles. The number of fused-ring (bicyclic) bond motifs is 2. The fourth-order valence-electron chi connectivity index (χ4n) is 4.70. The summed E-state index contributed by atoms with van der Waals surface area (Å²) in [6.07, 6.45) is 1.21. The summed E-state index contributed by atoms with van der Waals surface area (Å²) in [5.74, 6) is -1.21. The summed E-state index contributed by atoms with van der Waals surface area (Å²) in [6.45, 7) is 10.6. The second kappa shape index (κ2) is 8.97. The molecule has 2 aromatic rings. The van der Waals surface area contributed by atoms with Crippen molar-refractivity contribution in [3.63, 3.8) is 0 Å². The number of nitrogens with zero attached hydrogens (tertiary/aromatic N) is 2. The molecule has 35 heavy (non-hydrogen) atoms. The van der Waals surface area contributed by atoms with E-state index in [4.69, 9.17) is 13.7 Å². The maximum Gasteiger partial charge on any atom is 0.265 e. The highest BCUT2D eigenvalue weighted by Gasteiger charge is 2.64. The van der Waals surface area contributed by atoms with Crippen molar-refractivity contribution in [2.75, 3.05) is 14.1 Å². The summed E-state index contributed by atoms with van der Waals surface area (Å²) in [6, 6.07) is 8.90. The number of benzene rings is 1. The topological polar surface area (TPSA) is 105 Å². The molecule has 2 N–H and O–H groups in total. The van der Waals surface area contributed by atoms with Crippen LogP contribution in [0.5, 0.6) is 5.88 Å². The first-order valence-corrected chi connectivity index (χ1v) is 14.8. The van der Waals surface area contributed by atoms with Crippen molar-refractivity contribution in [2.24, 2.45) is 5.92 Å². The Kier molecular flexibility index (Phi) is 6.61.